The molecule has 1 aliphatic rings. The fourth-order valence-electron chi connectivity index (χ4n) is 4.20. The van der Waals surface area contributed by atoms with E-state index in [2.05, 4.69) is 6.92 Å². The molecule has 3 rings (SSSR count). The Morgan fingerprint density at radius 1 is 1.03 bits per heavy atom. The monoisotopic (exact) mass is 468 g/mol. The summed E-state index contributed by atoms with van der Waals surface area (Å²) in [6.45, 7) is 4.36. The third-order valence-electron chi connectivity index (χ3n) is 6.29. The molecule has 2 aromatic carbocycles. The highest BCUT2D eigenvalue weighted by molar-refractivity contribution is 5.96. The highest BCUT2D eigenvalue weighted by Crippen LogP contribution is 2.39. The van der Waals surface area contributed by atoms with Crippen molar-refractivity contribution in [3.63, 3.8) is 0 Å². The summed E-state index contributed by atoms with van der Waals surface area (Å²) in [5, 5.41) is 0. The highest BCUT2D eigenvalue weighted by atomic mass is 16.5. The molecule has 0 spiro atoms. The standard InChI is InChI=1S/C27H36N2O5/c1-5-6-14-28(2)26(30)21-12-15-29(16-13-21)27(31)22-17-23(32-3)25(24(18-22)33-4)34-19-20-10-8-7-9-11-20/h7-11,17-18,21H,5-6,12-16,19H2,1-4H3. The van der Waals surface area contributed by atoms with Crippen LogP contribution in [0.5, 0.6) is 17.2 Å². The van der Waals surface area contributed by atoms with E-state index >= 15 is 0 Å². The number of ether oxygens (including phenoxy) is 3. The molecule has 0 aromatic heterocycles. The summed E-state index contributed by atoms with van der Waals surface area (Å²) in [7, 11) is 4.96. The zero-order valence-corrected chi connectivity index (χ0v) is 20.7. The van der Waals surface area contributed by atoms with Crippen LogP contribution < -0.4 is 14.2 Å². The van der Waals surface area contributed by atoms with Gasteiger partial charge in [-0.1, -0.05) is 43.7 Å². The van der Waals surface area contributed by atoms with Crippen LogP contribution in [0.15, 0.2) is 42.5 Å². The summed E-state index contributed by atoms with van der Waals surface area (Å²) < 4.78 is 17.1. The van der Waals surface area contributed by atoms with Gasteiger partial charge in [-0.15, -0.1) is 0 Å². The number of carbonyl (C=O) groups excluding carboxylic acids is 2. The molecule has 184 valence electrons. The number of hydrogen-bond acceptors (Lipinski definition) is 5. The molecule has 0 aliphatic carbocycles. The molecule has 34 heavy (non-hydrogen) atoms. The summed E-state index contributed by atoms with van der Waals surface area (Å²) in [6, 6.07) is 13.2. The fraction of sp³-hybridized carbons (Fsp3) is 0.481. The molecule has 2 amide bonds. The van der Waals surface area contributed by atoms with Crippen molar-refractivity contribution in [1.82, 2.24) is 9.80 Å². The predicted molar refractivity (Wildman–Crippen MR) is 131 cm³/mol. The number of carbonyl (C=O) groups is 2. The summed E-state index contributed by atoms with van der Waals surface area (Å²) in [5.41, 5.74) is 1.50. The van der Waals surface area contributed by atoms with E-state index in [1.807, 2.05) is 42.3 Å². The maximum absolute atomic E-state index is 13.3. The van der Waals surface area contributed by atoms with Crippen LogP contribution >= 0.6 is 0 Å². The van der Waals surface area contributed by atoms with Gasteiger partial charge in [-0.05, 0) is 37.0 Å². The van der Waals surface area contributed by atoms with Gasteiger partial charge in [-0.25, -0.2) is 0 Å². The number of likely N-dealkylation sites (tertiary alicyclic amines) is 1. The minimum atomic E-state index is -0.101. The lowest BCUT2D eigenvalue weighted by molar-refractivity contribution is -0.135. The summed E-state index contributed by atoms with van der Waals surface area (Å²) >= 11 is 0. The second kappa shape index (κ2) is 12.3. The predicted octanol–water partition coefficient (Wildman–Crippen LogP) is 4.39. The van der Waals surface area contributed by atoms with Gasteiger partial charge in [-0.3, -0.25) is 9.59 Å². The normalized spacial score (nSPS) is 13.9. The number of methoxy groups -OCH3 is 2. The molecule has 0 atom stereocenters. The molecule has 1 aliphatic heterocycles. The van der Waals surface area contributed by atoms with Crippen molar-refractivity contribution < 1.29 is 23.8 Å². The molecular formula is C27H36N2O5. The zero-order valence-electron chi connectivity index (χ0n) is 20.7. The Morgan fingerprint density at radius 2 is 1.65 bits per heavy atom. The van der Waals surface area contributed by atoms with Crippen LogP contribution in [0.25, 0.3) is 0 Å². The minimum absolute atomic E-state index is 0.0243. The molecular weight excluding hydrogens is 432 g/mol. The Balaban J connectivity index is 1.67. The van der Waals surface area contributed by atoms with Gasteiger partial charge < -0.3 is 24.0 Å². The van der Waals surface area contributed by atoms with Gasteiger partial charge in [0.15, 0.2) is 11.5 Å². The van der Waals surface area contributed by atoms with E-state index in [0.29, 0.717) is 55.4 Å². The molecule has 0 bridgehead atoms. The van der Waals surface area contributed by atoms with Crippen LogP contribution in [0.3, 0.4) is 0 Å². The third-order valence-corrected chi connectivity index (χ3v) is 6.29. The van der Waals surface area contributed by atoms with Gasteiger partial charge in [0.1, 0.15) is 6.61 Å². The second-order valence-electron chi connectivity index (χ2n) is 8.66. The van der Waals surface area contributed by atoms with Crippen LogP contribution in [0.1, 0.15) is 48.5 Å². The maximum atomic E-state index is 13.3. The van der Waals surface area contributed by atoms with Crippen LogP contribution in [-0.4, -0.2) is 62.5 Å². The topological polar surface area (TPSA) is 68.3 Å². The number of benzene rings is 2. The van der Waals surface area contributed by atoms with E-state index in [0.717, 1.165) is 24.9 Å². The van der Waals surface area contributed by atoms with Crippen LogP contribution in [-0.2, 0) is 11.4 Å². The molecule has 2 aromatic rings. The number of unbranched alkanes of at least 4 members (excludes halogenated alkanes) is 1. The van der Waals surface area contributed by atoms with E-state index < -0.39 is 0 Å². The SMILES string of the molecule is CCCCN(C)C(=O)C1CCN(C(=O)c2cc(OC)c(OCc3ccccc3)c(OC)c2)CC1. The summed E-state index contributed by atoms with van der Waals surface area (Å²) in [6.07, 6.45) is 3.42. The van der Waals surface area contributed by atoms with Gasteiger partial charge in [0.2, 0.25) is 11.7 Å². The van der Waals surface area contributed by atoms with Gasteiger partial charge in [0.05, 0.1) is 14.2 Å². The Hall–Kier alpha value is -3.22. The van der Waals surface area contributed by atoms with Crippen molar-refractivity contribution >= 4 is 11.8 Å². The number of piperidine rings is 1. The van der Waals surface area contributed by atoms with Gasteiger partial charge in [-0.2, -0.15) is 0 Å². The van der Waals surface area contributed by atoms with Crippen molar-refractivity contribution in [2.45, 2.75) is 39.2 Å². The zero-order chi connectivity index (χ0) is 24.5. The lowest BCUT2D eigenvalue weighted by atomic mass is 9.94. The van der Waals surface area contributed by atoms with Crippen LogP contribution in [0.4, 0.5) is 0 Å². The molecule has 0 unspecified atom stereocenters. The number of rotatable bonds is 10. The largest absolute Gasteiger partial charge is 0.493 e. The smallest absolute Gasteiger partial charge is 0.254 e. The molecule has 7 nitrogen and oxygen atoms in total. The average Bonchev–Trinajstić information content (AvgIpc) is 2.89. The van der Waals surface area contributed by atoms with E-state index in [4.69, 9.17) is 14.2 Å². The molecule has 1 fully saturated rings. The summed E-state index contributed by atoms with van der Waals surface area (Å²) in [5.74, 6) is 1.41. The Kier molecular flexibility index (Phi) is 9.19. The van der Waals surface area contributed by atoms with Crippen molar-refractivity contribution in [1.29, 1.82) is 0 Å². The van der Waals surface area contributed by atoms with Crippen LogP contribution in [0.2, 0.25) is 0 Å². The van der Waals surface area contributed by atoms with Crippen LogP contribution in [0, 0.1) is 5.92 Å². The van der Waals surface area contributed by atoms with E-state index in [9.17, 15) is 9.59 Å². The van der Waals surface area contributed by atoms with Gasteiger partial charge in [0, 0.05) is 38.2 Å². The molecule has 0 N–H and O–H groups in total. The second-order valence-corrected chi connectivity index (χ2v) is 8.66. The highest BCUT2D eigenvalue weighted by Gasteiger charge is 2.30. The molecule has 1 heterocycles. The lowest BCUT2D eigenvalue weighted by Crippen LogP contribution is -2.43. The first-order valence-corrected chi connectivity index (χ1v) is 12.0. The lowest BCUT2D eigenvalue weighted by Gasteiger charge is -2.33. The van der Waals surface area contributed by atoms with Crippen molar-refractivity contribution in [3.05, 3.63) is 53.6 Å². The van der Waals surface area contributed by atoms with E-state index in [1.54, 1.807) is 31.3 Å². The van der Waals surface area contributed by atoms with Crippen molar-refractivity contribution in [2.24, 2.45) is 5.92 Å². The Labute approximate surface area is 202 Å². The average molecular weight is 469 g/mol. The molecule has 0 radical (unpaired) electrons. The molecule has 7 heteroatoms. The summed E-state index contributed by atoms with van der Waals surface area (Å²) in [4.78, 5) is 29.6. The Morgan fingerprint density at radius 3 is 2.21 bits per heavy atom. The number of nitrogens with zero attached hydrogens (tertiary/aromatic N) is 2. The van der Waals surface area contributed by atoms with Crippen molar-refractivity contribution in [3.8, 4) is 17.2 Å². The number of amides is 2. The minimum Gasteiger partial charge on any atom is -0.493 e. The Bertz CT molecular complexity index is 930. The quantitative estimate of drug-likeness (QED) is 0.517. The number of hydrogen-bond donors (Lipinski definition) is 0. The van der Waals surface area contributed by atoms with E-state index in [-0.39, 0.29) is 17.7 Å². The maximum Gasteiger partial charge on any atom is 0.254 e. The first kappa shape index (κ1) is 25.4. The van der Waals surface area contributed by atoms with Gasteiger partial charge in [0.25, 0.3) is 5.91 Å². The fourth-order valence-corrected chi connectivity index (χ4v) is 4.20. The first-order valence-electron chi connectivity index (χ1n) is 12.0. The first-order chi connectivity index (χ1) is 16.5. The van der Waals surface area contributed by atoms with Crippen molar-refractivity contribution in [2.75, 3.05) is 40.9 Å². The van der Waals surface area contributed by atoms with Gasteiger partial charge >= 0.3 is 0 Å². The molecule has 1 saturated heterocycles. The molecule has 0 saturated carbocycles. The third kappa shape index (κ3) is 6.22. The van der Waals surface area contributed by atoms with E-state index in [1.165, 1.54) is 0 Å².